The van der Waals surface area contributed by atoms with Crippen LogP contribution in [0.25, 0.3) is 0 Å². The van der Waals surface area contributed by atoms with E-state index >= 15 is 0 Å². The zero-order valence-electron chi connectivity index (χ0n) is 15.6. The number of carbonyl (C=O) groups excluding carboxylic acids is 1. The quantitative estimate of drug-likeness (QED) is 0.884. The van der Waals surface area contributed by atoms with E-state index in [9.17, 15) is 4.79 Å². The van der Waals surface area contributed by atoms with E-state index in [0.29, 0.717) is 12.2 Å². The Kier molecular flexibility index (Phi) is 5.07. The molecule has 0 unspecified atom stereocenters. The minimum atomic E-state index is -0.610. The van der Waals surface area contributed by atoms with E-state index in [1.165, 1.54) is 0 Å². The number of amides is 1. The minimum Gasteiger partial charge on any atom is -0.497 e. The lowest BCUT2D eigenvalue weighted by molar-refractivity contribution is -0.128. The fourth-order valence-corrected chi connectivity index (χ4v) is 3.13. The molecule has 0 aliphatic carbocycles. The first-order chi connectivity index (χ1) is 12.4. The van der Waals surface area contributed by atoms with Crippen LogP contribution in [0.2, 0.25) is 0 Å². The smallest absolute Gasteiger partial charge is 0.261 e. The third kappa shape index (κ3) is 4.10. The number of hydrogen-bond donors (Lipinski definition) is 1. The fourth-order valence-electron chi connectivity index (χ4n) is 3.13. The summed E-state index contributed by atoms with van der Waals surface area (Å²) in [6, 6.07) is 14.9. The van der Waals surface area contributed by atoms with Crippen molar-refractivity contribution in [3.05, 3.63) is 54.1 Å². The van der Waals surface area contributed by atoms with Gasteiger partial charge >= 0.3 is 0 Å². The number of hydrogen-bond acceptors (Lipinski definition) is 4. The Balaban J connectivity index is 1.68. The third-order valence-corrected chi connectivity index (χ3v) is 4.43. The summed E-state index contributed by atoms with van der Waals surface area (Å²) in [5.74, 6) is 2.03. The van der Waals surface area contributed by atoms with Gasteiger partial charge in [-0.25, -0.2) is 0 Å². The predicted molar refractivity (Wildman–Crippen MR) is 99.7 cm³/mol. The topological polar surface area (TPSA) is 56.8 Å². The van der Waals surface area contributed by atoms with Gasteiger partial charge in [0, 0.05) is 12.0 Å². The van der Waals surface area contributed by atoms with E-state index in [1.54, 1.807) is 38.3 Å². The molecule has 2 aromatic carbocycles. The average Bonchev–Trinajstić information content (AvgIpc) is 2.61. The SMILES string of the molecule is COc1ccc(O[C@@H](C)C(=O)N[C@@H]2CC(C)(C)Oc3ccccc32)cc1. The Bertz CT molecular complexity index is 770. The van der Waals surface area contributed by atoms with Crippen LogP contribution in [0.1, 0.15) is 38.8 Å². The van der Waals surface area contributed by atoms with Gasteiger partial charge in [-0.15, -0.1) is 0 Å². The van der Waals surface area contributed by atoms with Crippen LogP contribution in [0.15, 0.2) is 48.5 Å². The third-order valence-electron chi connectivity index (χ3n) is 4.43. The van der Waals surface area contributed by atoms with Gasteiger partial charge in [0.2, 0.25) is 0 Å². The van der Waals surface area contributed by atoms with Crippen LogP contribution < -0.4 is 19.5 Å². The number of carbonyl (C=O) groups is 1. The molecular formula is C21H25NO4. The van der Waals surface area contributed by atoms with Gasteiger partial charge in [0.15, 0.2) is 6.10 Å². The number of ether oxygens (including phenoxy) is 3. The molecule has 0 fully saturated rings. The van der Waals surface area contributed by atoms with Crippen molar-refractivity contribution < 1.29 is 19.0 Å². The van der Waals surface area contributed by atoms with Crippen molar-refractivity contribution in [2.24, 2.45) is 0 Å². The minimum absolute atomic E-state index is 0.107. The Morgan fingerprint density at radius 3 is 2.50 bits per heavy atom. The lowest BCUT2D eigenvalue weighted by Gasteiger charge is -2.38. The summed E-state index contributed by atoms with van der Waals surface area (Å²) in [6.07, 6.45) is 0.0897. The van der Waals surface area contributed by atoms with Crippen molar-refractivity contribution >= 4 is 5.91 Å². The molecule has 26 heavy (non-hydrogen) atoms. The first-order valence-electron chi connectivity index (χ1n) is 8.77. The first kappa shape index (κ1) is 18.1. The number of nitrogens with one attached hydrogen (secondary N) is 1. The van der Waals surface area contributed by atoms with E-state index in [2.05, 4.69) is 5.32 Å². The Labute approximate surface area is 154 Å². The van der Waals surface area contributed by atoms with Crippen molar-refractivity contribution in [1.29, 1.82) is 0 Å². The van der Waals surface area contributed by atoms with E-state index in [4.69, 9.17) is 14.2 Å². The van der Waals surface area contributed by atoms with E-state index in [0.717, 1.165) is 17.1 Å². The van der Waals surface area contributed by atoms with Gasteiger partial charge in [-0.05, 0) is 51.1 Å². The summed E-state index contributed by atoms with van der Waals surface area (Å²) in [4.78, 5) is 12.7. The van der Waals surface area contributed by atoms with Crippen molar-refractivity contribution in [1.82, 2.24) is 5.32 Å². The highest BCUT2D eigenvalue weighted by Crippen LogP contribution is 2.39. The van der Waals surface area contributed by atoms with E-state index in [-0.39, 0.29) is 17.6 Å². The van der Waals surface area contributed by atoms with Gasteiger partial charge in [0.05, 0.1) is 13.2 Å². The highest BCUT2D eigenvalue weighted by atomic mass is 16.5. The average molecular weight is 355 g/mol. The molecule has 1 heterocycles. The maximum Gasteiger partial charge on any atom is 0.261 e. The molecule has 5 heteroatoms. The van der Waals surface area contributed by atoms with Gasteiger partial charge in [-0.3, -0.25) is 4.79 Å². The summed E-state index contributed by atoms with van der Waals surface area (Å²) in [5.41, 5.74) is 0.656. The van der Waals surface area contributed by atoms with Crippen molar-refractivity contribution in [2.75, 3.05) is 7.11 Å². The number of rotatable bonds is 5. The lowest BCUT2D eigenvalue weighted by Crippen LogP contribution is -2.44. The van der Waals surface area contributed by atoms with Crippen LogP contribution in [0, 0.1) is 0 Å². The van der Waals surface area contributed by atoms with Crippen LogP contribution in [0.4, 0.5) is 0 Å². The summed E-state index contributed by atoms with van der Waals surface area (Å²) < 4.78 is 16.9. The van der Waals surface area contributed by atoms with E-state index < -0.39 is 6.10 Å². The number of benzene rings is 2. The van der Waals surface area contributed by atoms with Crippen LogP contribution >= 0.6 is 0 Å². The number of methoxy groups -OCH3 is 1. The molecule has 1 N–H and O–H groups in total. The van der Waals surface area contributed by atoms with Crippen molar-refractivity contribution in [2.45, 2.75) is 44.9 Å². The van der Waals surface area contributed by atoms with Crippen molar-refractivity contribution in [3.8, 4) is 17.2 Å². The van der Waals surface area contributed by atoms with Crippen LogP contribution in [-0.2, 0) is 4.79 Å². The molecule has 1 aliphatic heterocycles. The lowest BCUT2D eigenvalue weighted by atomic mass is 9.89. The highest BCUT2D eigenvalue weighted by Gasteiger charge is 2.35. The molecule has 5 nitrogen and oxygen atoms in total. The Morgan fingerprint density at radius 1 is 1.15 bits per heavy atom. The summed E-state index contributed by atoms with van der Waals surface area (Å²) in [7, 11) is 1.61. The normalized spacial score (nSPS) is 18.8. The molecule has 0 spiro atoms. The predicted octanol–water partition coefficient (Wildman–Crippen LogP) is 3.88. The molecule has 3 rings (SSSR count). The molecule has 2 aromatic rings. The Morgan fingerprint density at radius 2 is 1.81 bits per heavy atom. The Hall–Kier alpha value is -2.69. The zero-order chi connectivity index (χ0) is 18.7. The number of fused-ring (bicyclic) bond motifs is 1. The molecule has 0 saturated heterocycles. The molecular weight excluding hydrogens is 330 g/mol. The second-order valence-corrected chi connectivity index (χ2v) is 7.10. The highest BCUT2D eigenvalue weighted by molar-refractivity contribution is 5.81. The summed E-state index contributed by atoms with van der Waals surface area (Å²) in [5, 5.41) is 3.10. The van der Waals surface area contributed by atoms with Gasteiger partial charge in [-0.1, -0.05) is 18.2 Å². The standard InChI is InChI=1S/C21H25NO4/c1-14(25-16-11-9-15(24-4)10-12-16)20(23)22-18-13-21(2,3)26-19-8-6-5-7-17(18)19/h5-12,14,18H,13H2,1-4H3,(H,22,23)/t14-,18+/m0/s1. The van der Waals surface area contributed by atoms with Gasteiger partial charge < -0.3 is 19.5 Å². The van der Waals surface area contributed by atoms with Gasteiger partial charge in [0.25, 0.3) is 5.91 Å². The molecule has 1 aliphatic rings. The van der Waals surface area contributed by atoms with Gasteiger partial charge in [0.1, 0.15) is 22.8 Å². The maximum atomic E-state index is 12.7. The largest absolute Gasteiger partial charge is 0.497 e. The van der Waals surface area contributed by atoms with Crippen LogP contribution in [0.5, 0.6) is 17.2 Å². The number of para-hydroxylation sites is 1. The van der Waals surface area contributed by atoms with Crippen LogP contribution in [-0.4, -0.2) is 24.7 Å². The molecule has 0 saturated carbocycles. The molecule has 138 valence electrons. The first-order valence-corrected chi connectivity index (χ1v) is 8.77. The monoisotopic (exact) mass is 355 g/mol. The van der Waals surface area contributed by atoms with E-state index in [1.807, 2.05) is 38.1 Å². The second-order valence-electron chi connectivity index (χ2n) is 7.10. The summed E-state index contributed by atoms with van der Waals surface area (Å²) >= 11 is 0. The molecule has 0 bridgehead atoms. The maximum absolute atomic E-state index is 12.7. The molecule has 0 radical (unpaired) electrons. The molecule has 1 amide bonds. The van der Waals surface area contributed by atoms with Crippen LogP contribution in [0.3, 0.4) is 0 Å². The fraction of sp³-hybridized carbons (Fsp3) is 0.381. The summed E-state index contributed by atoms with van der Waals surface area (Å²) in [6.45, 7) is 5.80. The second kappa shape index (κ2) is 7.28. The molecule has 0 aromatic heterocycles. The molecule has 2 atom stereocenters. The zero-order valence-corrected chi connectivity index (χ0v) is 15.6. The van der Waals surface area contributed by atoms with Gasteiger partial charge in [-0.2, -0.15) is 0 Å². The van der Waals surface area contributed by atoms with Crippen molar-refractivity contribution in [3.63, 3.8) is 0 Å².